The molecule has 0 aliphatic carbocycles. The van der Waals surface area contributed by atoms with Crippen LogP contribution < -0.4 is 19.1 Å². The number of aryl methyl sites for hydroxylation is 2. The number of amides is 2. The largest absolute Gasteiger partial charge is 0.493 e. The Labute approximate surface area is 263 Å². The maximum absolute atomic E-state index is 14.2. The smallest absolute Gasteiger partial charge is 0.264 e. The molecule has 0 spiro atoms. The predicted molar refractivity (Wildman–Crippen MR) is 170 cm³/mol. The molecule has 43 heavy (non-hydrogen) atoms. The third-order valence-corrected chi connectivity index (χ3v) is 9.15. The summed E-state index contributed by atoms with van der Waals surface area (Å²) in [5.41, 5.74) is 2.47. The molecule has 0 saturated carbocycles. The Morgan fingerprint density at radius 1 is 0.930 bits per heavy atom. The summed E-state index contributed by atoms with van der Waals surface area (Å²) < 4.78 is 40.1. The average molecular weight is 651 g/mol. The number of carbonyl (C=O) groups is 2. The molecule has 1 N–H and O–H groups in total. The fourth-order valence-electron chi connectivity index (χ4n) is 4.54. The van der Waals surface area contributed by atoms with E-state index < -0.39 is 28.5 Å². The van der Waals surface area contributed by atoms with Crippen LogP contribution in [-0.2, 0) is 26.2 Å². The Morgan fingerprint density at radius 2 is 1.58 bits per heavy atom. The zero-order valence-corrected chi connectivity index (χ0v) is 27.4. The number of benzene rings is 3. The predicted octanol–water partition coefficient (Wildman–Crippen LogP) is 5.77. The van der Waals surface area contributed by atoms with Gasteiger partial charge in [0, 0.05) is 29.2 Å². The summed E-state index contributed by atoms with van der Waals surface area (Å²) in [5, 5.41) is 3.55. The maximum Gasteiger partial charge on any atom is 0.264 e. The fourth-order valence-corrected chi connectivity index (χ4v) is 6.42. The van der Waals surface area contributed by atoms with E-state index in [1.54, 1.807) is 37.3 Å². The van der Waals surface area contributed by atoms with E-state index in [-0.39, 0.29) is 23.1 Å². The number of ether oxygens (including phenoxy) is 2. The second kappa shape index (κ2) is 14.8. The molecular formula is C31H37Cl2N3O6S. The number of sulfonamides is 1. The van der Waals surface area contributed by atoms with Gasteiger partial charge in [-0.1, -0.05) is 42.3 Å². The lowest BCUT2D eigenvalue weighted by molar-refractivity contribution is -0.139. The summed E-state index contributed by atoms with van der Waals surface area (Å²) in [6.07, 6.45) is 0.708. The molecule has 9 nitrogen and oxygen atoms in total. The van der Waals surface area contributed by atoms with Crippen molar-refractivity contribution in [2.75, 3.05) is 31.6 Å². The quantitative estimate of drug-likeness (QED) is 0.252. The molecule has 232 valence electrons. The van der Waals surface area contributed by atoms with Crippen LogP contribution in [0.4, 0.5) is 5.69 Å². The van der Waals surface area contributed by atoms with Crippen LogP contribution in [0.1, 0.15) is 37.0 Å². The Morgan fingerprint density at radius 3 is 2.16 bits per heavy atom. The summed E-state index contributed by atoms with van der Waals surface area (Å²) in [6, 6.07) is 13.4. The molecule has 0 bridgehead atoms. The first-order valence-corrected chi connectivity index (χ1v) is 15.9. The van der Waals surface area contributed by atoms with E-state index in [4.69, 9.17) is 32.7 Å². The highest BCUT2D eigenvalue weighted by Gasteiger charge is 2.33. The molecule has 0 saturated heterocycles. The van der Waals surface area contributed by atoms with Gasteiger partial charge in [-0.25, -0.2) is 8.42 Å². The lowest BCUT2D eigenvalue weighted by Gasteiger charge is -2.32. The van der Waals surface area contributed by atoms with Crippen LogP contribution in [0.2, 0.25) is 10.0 Å². The highest BCUT2D eigenvalue weighted by atomic mass is 35.5. The topological polar surface area (TPSA) is 105 Å². The summed E-state index contributed by atoms with van der Waals surface area (Å²) in [5.74, 6) is -0.404. The molecule has 1 unspecified atom stereocenters. The highest BCUT2D eigenvalue weighted by Crippen LogP contribution is 2.33. The summed E-state index contributed by atoms with van der Waals surface area (Å²) >= 11 is 12.5. The van der Waals surface area contributed by atoms with Crippen molar-refractivity contribution in [2.24, 2.45) is 0 Å². The van der Waals surface area contributed by atoms with Crippen LogP contribution in [0, 0.1) is 13.8 Å². The second-order valence-corrected chi connectivity index (χ2v) is 12.8. The zero-order chi connectivity index (χ0) is 31.9. The molecule has 2 amide bonds. The van der Waals surface area contributed by atoms with Crippen molar-refractivity contribution in [3.8, 4) is 11.5 Å². The minimum Gasteiger partial charge on any atom is -0.493 e. The molecule has 3 rings (SSSR count). The molecule has 12 heteroatoms. The number of anilines is 1. The van der Waals surface area contributed by atoms with Crippen LogP contribution in [0.3, 0.4) is 0 Å². The van der Waals surface area contributed by atoms with Crippen molar-refractivity contribution in [1.82, 2.24) is 10.2 Å². The summed E-state index contributed by atoms with van der Waals surface area (Å²) in [7, 11) is -1.46. The van der Waals surface area contributed by atoms with Crippen molar-refractivity contribution < 1.29 is 27.5 Å². The minimum absolute atomic E-state index is 0.0490. The van der Waals surface area contributed by atoms with Crippen molar-refractivity contribution in [1.29, 1.82) is 0 Å². The number of methoxy groups -OCH3 is 2. The first-order chi connectivity index (χ1) is 20.3. The number of rotatable bonds is 13. The number of nitrogens with one attached hydrogen (secondary N) is 1. The third-order valence-electron chi connectivity index (χ3n) is 6.79. The van der Waals surface area contributed by atoms with Crippen LogP contribution in [-0.4, -0.2) is 58.5 Å². The average Bonchev–Trinajstić information content (AvgIpc) is 2.96. The van der Waals surface area contributed by atoms with E-state index in [0.717, 1.165) is 15.4 Å². The number of hydrogen-bond acceptors (Lipinski definition) is 6. The van der Waals surface area contributed by atoms with Crippen LogP contribution >= 0.6 is 23.2 Å². The molecule has 3 aromatic carbocycles. The van der Waals surface area contributed by atoms with Gasteiger partial charge in [0.05, 0.1) is 24.8 Å². The van der Waals surface area contributed by atoms with Gasteiger partial charge in [0.1, 0.15) is 12.6 Å². The van der Waals surface area contributed by atoms with Gasteiger partial charge in [0.2, 0.25) is 11.8 Å². The third kappa shape index (κ3) is 8.34. The Hall–Kier alpha value is -3.47. The molecule has 0 aromatic heterocycles. The standard InChI is InChI=1S/C31H37Cl2N3O6S/c1-7-12-34-31(38)22(4)35(18-23-8-9-24(32)16-27(23)33)30(37)19-36(25-14-20(2)13-21(3)15-25)43(39,40)26-10-11-28(41-5)29(17-26)42-6/h8-11,13-17,22H,7,12,18-19H2,1-6H3,(H,34,38). The summed E-state index contributed by atoms with van der Waals surface area (Å²) in [6.45, 7) is 6.99. The molecular weight excluding hydrogens is 613 g/mol. The van der Waals surface area contributed by atoms with Crippen molar-refractivity contribution >= 4 is 50.7 Å². The minimum atomic E-state index is -4.31. The fraction of sp³-hybridized carbons (Fsp3) is 0.355. The second-order valence-electron chi connectivity index (χ2n) is 10.1. The number of carbonyl (C=O) groups excluding carboxylic acids is 2. The first kappa shape index (κ1) is 34.0. The van der Waals surface area contributed by atoms with E-state index in [2.05, 4.69) is 5.32 Å². The Kier molecular flexibility index (Phi) is 11.7. The van der Waals surface area contributed by atoms with Gasteiger partial charge in [-0.3, -0.25) is 13.9 Å². The van der Waals surface area contributed by atoms with Crippen LogP contribution in [0.25, 0.3) is 0 Å². The van der Waals surface area contributed by atoms with Gasteiger partial charge >= 0.3 is 0 Å². The number of nitrogens with zero attached hydrogens (tertiary/aromatic N) is 2. The van der Waals surface area contributed by atoms with Crippen LogP contribution in [0.15, 0.2) is 59.5 Å². The van der Waals surface area contributed by atoms with Crippen molar-refractivity contribution in [3.05, 3.63) is 81.3 Å². The van der Waals surface area contributed by atoms with Crippen LogP contribution in [0.5, 0.6) is 11.5 Å². The Balaban J connectivity index is 2.12. The highest BCUT2D eigenvalue weighted by molar-refractivity contribution is 7.92. The molecule has 1 atom stereocenters. The molecule has 0 radical (unpaired) electrons. The monoisotopic (exact) mass is 649 g/mol. The van der Waals surface area contributed by atoms with E-state index in [1.165, 1.54) is 37.3 Å². The maximum atomic E-state index is 14.2. The zero-order valence-electron chi connectivity index (χ0n) is 25.1. The molecule has 0 aliphatic heterocycles. The van der Waals surface area contributed by atoms with Crippen molar-refractivity contribution in [2.45, 2.75) is 51.6 Å². The summed E-state index contributed by atoms with van der Waals surface area (Å²) in [4.78, 5) is 28.4. The van der Waals surface area contributed by atoms with Gasteiger partial charge in [-0.05, 0) is 80.3 Å². The lowest BCUT2D eigenvalue weighted by Crippen LogP contribution is -2.51. The van der Waals surface area contributed by atoms with Gasteiger partial charge < -0.3 is 19.7 Å². The van der Waals surface area contributed by atoms with Crippen molar-refractivity contribution in [3.63, 3.8) is 0 Å². The van der Waals surface area contributed by atoms with Gasteiger partial charge in [0.25, 0.3) is 10.0 Å². The van der Waals surface area contributed by atoms with E-state index in [0.29, 0.717) is 40.0 Å². The van der Waals surface area contributed by atoms with Gasteiger partial charge in [0.15, 0.2) is 11.5 Å². The van der Waals surface area contributed by atoms with Gasteiger partial charge in [-0.15, -0.1) is 0 Å². The van der Waals surface area contributed by atoms with E-state index in [9.17, 15) is 18.0 Å². The molecule has 0 heterocycles. The number of hydrogen-bond donors (Lipinski definition) is 1. The molecule has 3 aromatic rings. The molecule has 0 fully saturated rings. The normalized spacial score (nSPS) is 11.9. The van der Waals surface area contributed by atoms with E-state index >= 15 is 0 Å². The SMILES string of the molecule is CCCNC(=O)C(C)N(Cc1ccc(Cl)cc1Cl)C(=O)CN(c1cc(C)cc(C)c1)S(=O)(=O)c1ccc(OC)c(OC)c1. The Bertz CT molecular complexity index is 1560. The lowest BCUT2D eigenvalue weighted by atomic mass is 10.1. The first-order valence-electron chi connectivity index (χ1n) is 13.7. The van der Waals surface area contributed by atoms with E-state index in [1.807, 2.05) is 26.8 Å². The van der Waals surface area contributed by atoms with Gasteiger partial charge in [-0.2, -0.15) is 0 Å². The number of halogens is 2. The molecule has 0 aliphatic rings.